The van der Waals surface area contributed by atoms with Crippen molar-refractivity contribution in [1.82, 2.24) is 29.5 Å². The van der Waals surface area contributed by atoms with Crippen LogP contribution in [0.4, 0.5) is 0 Å². The summed E-state index contributed by atoms with van der Waals surface area (Å²) in [5.74, 6) is 0.918. The van der Waals surface area contributed by atoms with Gasteiger partial charge in [-0.1, -0.05) is 79.8 Å². The number of piperazine rings is 1. The quantitative estimate of drug-likeness (QED) is 0.305. The molecular weight excluding hydrogens is 571 g/mol. The predicted molar refractivity (Wildman–Crippen MR) is 159 cm³/mol. The van der Waals surface area contributed by atoms with Crippen molar-refractivity contribution in [3.8, 4) is 17.1 Å². The van der Waals surface area contributed by atoms with Crippen LogP contribution in [0, 0.1) is 0 Å². The van der Waals surface area contributed by atoms with Gasteiger partial charge in [-0.25, -0.2) is 9.67 Å². The lowest BCUT2D eigenvalue weighted by Crippen LogP contribution is -2.48. The molecule has 1 N–H and O–H groups in total. The number of aromatic nitrogens is 4. The second-order valence-electron chi connectivity index (χ2n) is 10.4. The molecule has 0 aromatic heterocycles. The SMILES string of the molecule is CCN1CCN(C(=O)Cc2ccc(Cc3nc4n(-c5c(Cl)cc(Cl)cc5Cl)[nH]c(C(C)C)c-4c(=O)n3)cc2)CC1. The van der Waals surface area contributed by atoms with E-state index in [0.717, 1.165) is 43.9 Å². The van der Waals surface area contributed by atoms with Gasteiger partial charge in [0, 0.05) is 37.6 Å². The molecule has 3 heterocycles. The largest absolute Gasteiger partial charge is 0.340 e. The topological polar surface area (TPSA) is 87.1 Å². The molecule has 0 radical (unpaired) electrons. The number of benzene rings is 2. The Labute approximate surface area is 248 Å². The summed E-state index contributed by atoms with van der Waals surface area (Å²) in [6.07, 6.45) is 0.714. The fraction of sp³-hybridized carbons (Fsp3) is 0.379. The maximum absolute atomic E-state index is 13.2. The Hall–Kier alpha value is -2.91. The van der Waals surface area contributed by atoms with E-state index in [-0.39, 0.29) is 17.4 Å². The van der Waals surface area contributed by atoms with Crippen molar-refractivity contribution in [2.24, 2.45) is 0 Å². The number of likely N-dealkylation sites (N-methyl/N-ethyl adjacent to an activating group) is 1. The smallest absolute Gasteiger partial charge is 0.284 e. The highest BCUT2D eigenvalue weighted by Crippen LogP contribution is 2.36. The predicted octanol–water partition coefficient (Wildman–Crippen LogP) is 5.44. The van der Waals surface area contributed by atoms with Gasteiger partial charge in [-0.15, -0.1) is 0 Å². The first-order valence-corrected chi connectivity index (χ1v) is 14.5. The van der Waals surface area contributed by atoms with Crippen molar-refractivity contribution in [2.75, 3.05) is 32.7 Å². The van der Waals surface area contributed by atoms with Gasteiger partial charge in [0.2, 0.25) is 5.91 Å². The third-order valence-electron chi connectivity index (χ3n) is 7.31. The van der Waals surface area contributed by atoms with Gasteiger partial charge in [-0.2, -0.15) is 4.98 Å². The zero-order chi connectivity index (χ0) is 28.6. The van der Waals surface area contributed by atoms with Crippen LogP contribution in [0.3, 0.4) is 0 Å². The van der Waals surface area contributed by atoms with Gasteiger partial charge >= 0.3 is 0 Å². The minimum atomic E-state index is -0.370. The maximum Gasteiger partial charge on any atom is 0.284 e. The zero-order valence-corrected chi connectivity index (χ0v) is 24.9. The molecule has 0 spiro atoms. The van der Waals surface area contributed by atoms with Gasteiger partial charge in [0.1, 0.15) is 17.1 Å². The van der Waals surface area contributed by atoms with E-state index < -0.39 is 0 Å². The Morgan fingerprint density at radius 2 is 1.60 bits per heavy atom. The Balaban J connectivity index is 1.40. The van der Waals surface area contributed by atoms with Gasteiger partial charge in [-0.3, -0.25) is 14.7 Å². The highest BCUT2D eigenvalue weighted by atomic mass is 35.5. The Bertz CT molecular complexity index is 1530. The fourth-order valence-electron chi connectivity index (χ4n) is 5.06. The number of carbonyl (C=O) groups is 1. The van der Waals surface area contributed by atoms with Crippen molar-refractivity contribution in [1.29, 1.82) is 0 Å². The number of halogens is 3. The highest BCUT2D eigenvalue weighted by molar-refractivity contribution is 6.40. The van der Waals surface area contributed by atoms with E-state index in [1.54, 1.807) is 16.8 Å². The molecule has 2 aromatic rings. The molecule has 0 saturated carbocycles. The van der Waals surface area contributed by atoms with E-state index in [2.05, 4.69) is 21.9 Å². The van der Waals surface area contributed by atoms with Crippen molar-refractivity contribution in [2.45, 2.75) is 39.5 Å². The van der Waals surface area contributed by atoms with Gasteiger partial charge in [0.05, 0.1) is 22.2 Å². The number of hydrogen-bond acceptors (Lipinski definition) is 5. The summed E-state index contributed by atoms with van der Waals surface area (Å²) in [6, 6.07) is 11.0. The molecule has 1 saturated heterocycles. The van der Waals surface area contributed by atoms with Crippen LogP contribution in [0.5, 0.6) is 0 Å². The van der Waals surface area contributed by atoms with Crippen molar-refractivity contribution in [3.05, 3.63) is 84.5 Å². The first-order chi connectivity index (χ1) is 19.1. The molecule has 0 bridgehead atoms. The van der Waals surface area contributed by atoms with E-state index in [4.69, 9.17) is 39.8 Å². The number of amides is 1. The van der Waals surface area contributed by atoms with E-state index in [0.29, 0.717) is 56.5 Å². The van der Waals surface area contributed by atoms with Gasteiger partial charge in [-0.05, 0) is 35.7 Å². The summed E-state index contributed by atoms with van der Waals surface area (Å²) in [6.45, 7) is 10.5. The number of fused-ring (bicyclic) bond motifs is 1. The molecule has 3 aliphatic heterocycles. The van der Waals surface area contributed by atoms with E-state index in [1.807, 2.05) is 43.0 Å². The summed E-state index contributed by atoms with van der Waals surface area (Å²) >= 11 is 19.2. The molecule has 1 fully saturated rings. The van der Waals surface area contributed by atoms with Crippen LogP contribution in [0.25, 0.3) is 17.1 Å². The van der Waals surface area contributed by atoms with Crippen LogP contribution in [-0.4, -0.2) is 68.2 Å². The Kier molecular flexibility index (Phi) is 8.52. The average molecular weight is 602 g/mol. The number of H-pyrrole nitrogens is 1. The molecule has 40 heavy (non-hydrogen) atoms. The molecule has 11 heteroatoms. The maximum atomic E-state index is 13.2. The first-order valence-electron chi connectivity index (χ1n) is 13.4. The van der Waals surface area contributed by atoms with Crippen molar-refractivity contribution < 1.29 is 4.79 Å². The van der Waals surface area contributed by atoms with Gasteiger partial charge in [0.15, 0.2) is 5.82 Å². The lowest BCUT2D eigenvalue weighted by atomic mass is 10.0. The molecular formula is C29H31Cl3N6O2. The number of rotatable bonds is 7. The molecule has 8 nitrogen and oxygen atoms in total. The third-order valence-corrected chi connectivity index (χ3v) is 8.11. The van der Waals surface area contributed by atoms with E-state index >= 15 is 0 Å². The summed E-state index contributed by atoms with van der Waals surface area (Å²) in [5.41, 5.74) is 3.06. The van der Waals surface area contributed by atoms with Crippen LogP contribution in [0.2, 0.25) is 15.1 Å². The number of aromatic amines is 1. The van der Waals surface area contributed by atoms with Crippen molar-refractivity contribution in [3.63, 3.8) is 0 Å². The summed E-state index contributed by atoms with van der Waals surface area (Å²) in [4.78, 5) is 39.4. The highest BCUT2D eigenvalue weighted by Gasteiger charge is 2.27. The molecule has 5 rings (SSSR count). The second-order valence-corrected chi connectivity index (χ2v) is 11.6. The van der Waals surface area contributed by atoms with Crippen molar-refractivity contribution >= 4 is 40.7 Å². The Morgan fingerprint density at radius 3 is 2.20 bits per heavy atom. The molecule has 0 aliphatic carbocycles. The molecule has 210 valence electrons. The molecule has 1 amide bonds. The zero-order valence-electron chi connectivity index (χ0n) is 22.7. The van der Waals surface area contributed by atoms with Crippen LogP contribution in [0.1, 0.15) is 49.3 Å². The second kappa shape index (κ2) is 11.9. The van der Waals surface area contributed by atoms with E-state index in [9.17, 15) is 9.59 Å². The normalized spacial score (nSPS) is 14.4. The number of nitrogens with one attached hydrogen (secondary N) is 1. The number of nitrogens with zero attached hydrogens (tertiary/aromatic N) is 5. The number of hydrogen-bond donors (Lipinski definition) is 1. The molecule has 3 aliphatic rings. The standard InChI is InChI=1S/C29H31Cl3N6O2/c1-4-36-9-11-37(12-10-36)24(39)14-19-7-5-18(6-8-19)13-23-33-28-25(29(40)34-23)26(17(2)3)35-38(28)27-21(31)15-20(30)16-22(27)32/h5-8,15-17,35H,4,9-14H2,1-3H3. The summed E-state index contributed by atoms with van der Waals surface area (Å²) in [7, 11) is 0. The monoisotopic (exact) mass is 600 g/mol. The van der Waals surface area contributed by atoms with E-state index in [1.165, 1.54) is 0 Å². The summed E-state index contributed by atoms with van der Waals surface area (Å²) in [5, 5.41) is 4.32. The first kappa shape index (κ1) is 28.6. The average Bonchev–Trinajstić information content (AvgIpc) is 3.29. The van der Waals surface area contributed by atoms with Crippen LogP contribution in [-0.2, 0) is 17.6 Å². The van der Waals surface area contributed by atoms with Gasteiger partial charge < -0.3 is 9.80 Å². The lowest BCUT2D eigenvalue weighted by Gasteiger charge is -2.34. The van der Waals surface area contributed by atoms with Crippen LogP contribution >= 0.6 is 34.8 Å². The fourth-order valence-corrected chi connectivity index (χ4v) is 6.05. The molecule has 0 unspecified atom stereocenters. The minimum Gasteiger partial charge on any atom is -0.340 e. The minimum absolute atomic E-state index is 0.00141. The Morgan fingerprint density at radius 1 is 0.975 bits per heavy atom. The molecule has 2 aromatic carbocycles. The van der Waals surface area contributed by atoms with Gasteiger partial charge in [0.25, 0.3) is 5.56 Å². The molecule has 0 atom stereocenters. The number of carbonyl (C=O) groups excluding carboxylic acids is 1. The van der Waals surface area contributed by atoms with Crippen LogP contribution < -0.4 is 5.56 Å². The third kappa shape index (κ3) is 5.91. The lowest BCUT2D eigenvalue weighted by molar-refractivity contribution is -0.132. The summed E-state index contributed by atoms with van der Waals surface area (Å²) < 4.78 is 1.63. The van der Waals surface area contributed by atoms with Crippen LogP contribution in [0.15, 0.2) is 41.2 Å².